The Morgan fingerprint density at radius 3 is 1.96 bits per heavy atom. The number of hydrogen-bond acceptors (Lipinski definition) is 5. The van der Waals surface area contributed by atoms with Crippen LogP contribution < -0.4 is 5.32 Å². The van der Waals surface area contributed by atoms with Crippen LogP contribution in [0.1, 0.15) is 32.7 Å². The first-order valence-corrected chi connectivity index (χ1v) is 8.16. The molecule has 0 aromatic heterocycles. The van der Waals surface area contributed by atoms with Gasteiger partial charge in [0.05, 0.1) is 25.3 Å². The molecule has 0 radical (unpaired) electrons. The molecule has 0 aliphatic rings. The van der Waals surface area contributed by atoms with Crippen molar-refractivity contribution in [2.24, 2.45) is 0 Å². The summed E-state index contributed by atoms with van der Waals surface area (Å²) in [5, 5.41) is 3.31. The Morgan fingerprint density at radius 2 is 1.46 bits per heavy atom. The molecule has 0 aliphatic heterocycles. The molecule has 0 aliphatic carbocycles. The minimum absolute atomic E-state index is 0.142. The van der Waals surface area contributed by atoms with Crippen molar-refractivity contribution >= 4 is 35.1 Å². The molecule has 2 aromatic carbocycles. The molecule has 26 heavy (non-hydrogen) atoms. The molecule has 0 heterocycles. The van der Waals surface area contributed by atoms with E-state index in [2.05, 4.69) is 14.8 Å². The van der Waals surface area contributed by atoms with Crippen molar-refractivity contribution in [2.45, 2.75) is 12.8 Å². The first kappa shape index (κ1) is 19.5. The lowest BCUT2D eigenvalue weighted by Crippen LogP contribution is -2.14. The highest BCUT2D eigenvalue weighted by atomic mass is 35.5. The molecule has 0 saturated heterocycles. The summed E-state index contributed by atoms with van der Waals surface area (Å²) in [5.74, 6) is -1.49. The van der Waals surface area contributed by atoms with E-state index in [4.69, 9.17) is 11.6 Å². The molecule has 0 unspecified atom stereocenters. The molecule has 1 N–H and O–H groups in total. The van der Waals surface area contributed by atoms with Gasteiger partial charge < -0.3 is 14.8 Å². The van der Waals surface area contributed by atoms with E-state index in [1.54, 1.807) is 12.1 Å². The van der Waals surface area contributed by atoms with Gasteiger partial charge in [-0.2, -0.15) is 0 Å². The van der Waals surface area contributed by atoms with Gasteiger partial charge in [-0.15, -0.1) is 0 Å². The van der Waals surface area contributed by atoms with Gasteiger partial charge in [-0.3, -0.25) is 4.79 Å². The Kier molecular flexibility index (Phi) is 6.74. The van der Waals surface area contributed by atoms with E-state index in [1.807, 2.05) is 12.1 Å². The number of rotatable bonds is 6. The molecule has 6 nitrogen and oxygen atoms in total. The highest BCUT2D eigenvalue weighted by molar-refractivity contribution is 6.30. The van der Waals surface area contributed by atoms with E-state index in [9.17, 15) is 14.4 Å². The van der Waals surface area contributed by atoms with Gasteiger partial charge in [-0.25, -0.2) is 9.59 Å². The highest BCUT2D eigenvalue weighted by Crippen LogP contribution is 2.18. The van der Waals surface area contributed by atoms with Crippen molar-refractivity contribution in [3.63, 3.8) is 0 Å². The van der Waals surface area contributed by atoms with Crippen LogP contribution in [-0.4, -0.2) is 32.1 Å². The summed E-state index contributed by atoms with van der Waals surface area (Å²) in [6, 6.07) is 11.5. The van der Waals surface area contributed by atoms with E-state index < -0.39 is 11.9 Å². The number of ether oxygens (including phenoxy) is 2. The SMILES string of the molecule is COC(=O)c1cc(NC(=O)CCc2ccc(Cl)cc2)cc(C(=O)OC)c1. The van der Waals surface area contributed by atoms with Gasteiger partial charge in [0, 0.05) is 17.1 Å². The maximum Gasteiger partial charge on any atom is 0.337 e. The maximum absolute atomic E-state index is 12.2. The number of nitrogens with one attached hydrogen (secondary N) is 1. The Morgan fingerprint density at radius 1 is 0.923 bits per heavy atom. The van der Waals surface area contributed by atoms with Gasteiger partial charge in [0.1, 0.15) is 0 Å². The van der Waals surface area contributed by atoms with Crippen molar-refractivity contribution in [1.82, 2.24) is 0 Å². The van der Waals surface area contributed by atoms with Crippen molar-refractivity contribution in [2.75, 3.05) is 19.5 Å². The number of hydrogen-bond donors (Lipinski definition) is 1. The Bertz CT molecular complexity index is 783. The molecule has 2 aromatic rings. The molecule has 136 valence electrons. The molecule has 0 bridgehead atoms. The van der Waals surface area contributed by atoms with Gasteiger partial charge in [0.15, 0.2) is 0 Å². The molecular weight excluding hydrogens is 358 g/mol. The number of aryl methyl sites for hydroxylation is 1. The number of amides is 1. The number of methoxy groups -OCH3 is 2. The number of carbonyl (C=O) groups excluding carboxylic acids is 3. The molecular formula is C19H18ClNO5. The summed E-state index contributed by atoms with van der Waals surface area (Å²) in [5.41, 5.74) is 1.57. The van der Waals surface area contributed by atoms with E-state index >= 15 is 0 Å². The lowest BCUT2D eigenvalue weighted by molar-refractivity contribution is -0.116. The largest absolute Gasteiger partial charge is 0.465 e. The third-order valence-electron chi connectivity index (χ3n) is 3.61. The average Bonchev–Trinajstić information content (AvgIpc) is 2.65. The lowest BCUT2D eigenvalue weighted by atomic mass is 10.1. The van der Waals surface area contributed by atoms with Gasteiger partial charge in [-0.05, 0) is 42.3 Å². The van der Waals surface area contributed by atoms with Crippen LogP contribution in [0.25, 0.3) is 0 Å². The molecule has 0 spiro atoms. The molecule has 0 fully saturated rings. The minimum Gasteiger partial charge on any atom is -0.465 e. The second-order valence-electron chi connectivity index (χ2n) is 5.46. The fourth-order valence-corrected chi connectivity index (χ4v) is 2.43. The second-order valence-corrected chi connectivity index (χ2v) is 5.89. The monoisotopic (exact) mass is 375 g/mol. The molecule has 2 rings (SSSR count). The normalized spacial score (nSPS) is 10.1. The predicted octanol–water partition coefficient (Wildman–Crippen LogP) is 3.48. The fourth-order valence-electron chi connectivity index (χ4n) is 2.30. The zero-order valence-corrected chi connectivity index (χ0v) is 15.1. The first-order valence-electron chi connectivity index (χ1n) is 7.79. The van der Waals surface area contributed by atoms with Crippen LogP contribution in [0, 0.1) is 0 Å². The van der Waals surface area contributed by atoms with Crippen molar-refractivity contribution < 1.29 is 23.9 Å². The number of carbonyl (C=O) groups is 3. The van der Waals surface area contributed by atoms with Gasteiger partial charge in [-0.1, -0.05) is 23.7 Å². The van der Waals surface area contributed by atoms with Crippen LogP contribution in [-0.2, 0) is 20.7 Å². The number of esters is 2. The maximum atomic E-state index is 12.2. The summed E-state index contributed by atoms with van der Waals surface area (Å²) in [4.78, 5) is 35.7. The van der Waals surface area contributed by atoms with Crippen LogP contribution in [0.5, 0.6) is 0 Å². The molecule has 0 saturated carbocycles. The van der Waals surface area contributed by atoms with Gasteiger partial charge in [0.2, 0.25) is 5.91 Å². The van der Waals surface area contributed by atoms with Crippen LogP contribution >= 0.6 is 11.6 Å². The molecule has 0 atom stereocenters. The highest BCUT2D eigenvalue weighted by Gasteiger charge is 2.15. The fraction of sp³-hybridized carbons (Fsp3) is 0.211. The Balaban J connectivity index is 2.11. The minimum atomic E-state index is -0.618. The Labute approximate surface area is 156 Å². The van der Waals surface area contributed by atoms with E-state index in [1.165, 1.54) is 32.4 Å². The quantitative estimate of drug-likeness (QED) is 0.781. The third-order valence-corrected chi connectivity index (χ3v) is 3.86. The van der Waals surface area contributed by atoms with Crippen LogP contribution in [0.3, 0.4) is 0 Å². The summed E-state index contributed by atoms with van der Waals surface area (Å²) in [6.45, 7) is 0. The number of benzene rings is 2. The molecule has 7 heteroatoms. The summed E-state index contributed by atoms with van der Waals surface area (Å²) in [7, 11) is 2.47. The zero-order valence-electron chi connectivity index (χ0n) is 14.4. The van der Waals surface area contributed by atoms with Crippen LogP contribution in [0.15, 0.2) is 42.5 Å². The van der Waals surface area contributed by atoms with E-state index in [0.29, 0.717) is 17.1 Å². The second kappa shape index (κ2) is 9.01. The van der Waals surface area contributed by atoms with Crippen molar-refractivity contribution in [3.05, 3.63) is 64.2 Å². The van der Waals surface area contributed by atoms with Crippen molar-refractivity contribution in [1.29, 1.82) is 0 Å². The smallest absolute Gasteiger partial charge is 0.337 e. The number of anilines is 1. The van der Waals surface area contributed by atoms with Gasteiger partial charge in [0.25, 0.3) is 0 Å². The summed E-state index contributed by atoms with van der Waals surface area (Å²) < 4.78 is 9.33. The first-order chi connectivity index (χ1) is 12.4. The van der Waals surface area contributed by atoms with E-state index in [0.717, 1.165) is 5.56 Å². The van der Waals surface area contributed by atoms with Crippen molar-refractivity contribution in [3.8, 4) is 0 Å². The third kappa shape index (κ3) is 5.32. The summed E-state index contributed by atoms with van der Waals surface area (Å²) >= 11 is 5.83. The topological polar surface area (TPSA) is 81.7 Å². The van der Waals surface area contributed by atoms with Crippen LogP contribution in [0.2, 0.25) is 5.02 Å². The summed E-state index contributed by atoms with van der Waals surface area (Å²) in [6.07, 6.45) is 0.765. The van der Waals surface area contributed by atoms with E-state index in [-0.39, 0.29) is 23.5 Å². The average molecular weight is 376 g/mol. The standard InChI is InChI=1S/C19H18ClNO5/c1-25-18(23)13-9-14(19(24)26-2)11-16(10-13)21-17(22)8-5-12-3-6-15(20)7-4-12/h3-4,6-7,9-11H,5,8H2,1-2H3,(H,21,22). The lowest BCUT2D eigenvalue weighted by Gasteiger charge is -2.10. The molecule has 1 amide bonds. The Hall–Kier alpha value is -2.86. The van der Waals surface area contributed by atoms with Crippen LogP contribution in [0.4, 0.5) is 5.69 Å². The predicted molar refractivity (Wildman–Crippen MR) is 97.5 cm³/mol. The number of halogens is 1. The van der Waals surface area contributed by atoms with Gasteiger partial charge >= 0.3 is 11.9 Å². The zero-order chi connectivity index (χ0) is 19.1.